The standard InChI is InChI=1S/C61H56Si3/c1-62(2,3)57-34-31-43(40-21-13-16-24-46(40)57)54-37-53(39-19-11-10-12-20-39)49-27-28-51-55(44-32-35-58(63(4,5)6)47-25-17-14-22-41(44)47)38-56(52-30-29-50(54)60(49)61(51)52)45-33-36-59(64(7,8)9)48-26-18-15-23-42(45)48/h10-38H,1-9H3. The summed E-state index contributed by atoms with van der Waals surface area (Å²) >= 11 is 0. The lowest BCUT2D eigenvalue weighted by molar-refractivity contribution is 1.64. The number of rotatable bonds is 7. The highest BCUT2D eigenvalue weighted by atomic mass is 28.3. The molecule has 0 saturated carbocycles. The van der Waals surface area contributed by atoms with Gasteiger partial charge in [-0.1, -0.05) is 238 Å². The fourth-order valence-electron chi connectivity index (χ4n) is 11.1. The summed E-state index contributed by atoms with van der Waals surface area (Å²) in [7, 11) is -4.93. The molecule has 0 unspecified atom stereocenters. The quantitative estimate of drug-likeness (QED) is 0.111. The van der Waals surface area contributed by atoms with Crippen LogP contribution in [0.25, 0.3) is 109 Å². The topological polar surface area (TPSA) is 0 Å². The van der Waals surface area contributed by atoms with Gasteiger partial charge in [-0.2, -0.15) is 0 Å². The van der Waals surface area contributed by atoms with Gasteiger partial charge in [-0.05, 0) is 121 Å². The number of hydrogen-bond acceptors (Lipinski definition) is 0. The van der Waals surface area contributed by atoms with E-state index >= 15 is 0 Å². The van der Waals surface area contributed by atoms with Gasteiger partial charge in [0, 0.05) is 0 Å². The van der Waals surface area contributed by atoms with Crippen molar-refractivity contribution in [2.24, 2.45) is 0 Å². The average Bonchev–Trinajstić information content (AvgIpc) is 3.28. The fourth-order valence-corrected chi connectivity index (χ4v) is 15.9. The Morgan fingerprint density at radius 1 is 0.219 bits per heavy atom. The van der Waals surface area contributed by atoms with Crippen LogP contribution in [-0.4, -0.2) is 24.2 Å². The van der Waals surface area contributed by atoms with Gasteiger partial charge in [0.2, 0.25) is 0 Å². The summed E-state index contributed by atoms with van der Waals surface area (Å²) in [6.45, 7) is 22.3. The van der Waals surface area contributed by atoms with Crippen molar-refractivity contribution in [3.05, 3.63) is 176 Å². The zero-order chi connectivity index (χ0) is 44.3. The minimum absolute atomic E-state index is 1.24. The Kier molecular flexibility index (Phi) is 9.35. The molecule has 11 aromatic carbocycles. The number of hydrogen-bond donors (Lipinski definition) is 0. The molecular formula is C61H56Si3. The van der Waals surface area contributed by atoms with Gasteiger partial charge in [-0.25, -0.2) is 0 Å². The Labute approximate surface area is 381 Å². The smallest absolute Gasteiger partial charge is 0.0656 e. The summed E-state index contributed by atoms with van der Waals surface area (Å²) in [5.74, 6) is 0. The van der Waals surface area contributed by atoms with E-state index in [2.05, 4.69) is 235 Å². The fraction of sp³-hybridized carbons (Fsp3) is 0.148. The van der Waals surface area contributed by atoms with E-state index in [1.54, 1.807) is 0 Å². The lowest BCUT2D eigenvalue weighted by Gasteiger charge is -2.25. The van der Waals surface area contributed by atoms with Gasteiger partial charge in [0.15, 0.2) is 0 Å². The Balaban J connectivity index is 1.34. The Morgan fingerprint density at radius 3 is 0.828 bits per heavy atom. The van der Waals surface area contributed by atoms with E-state index in [1.165, 1.54) is 125 Å². The predicted molar refractivity (Wildman–Crippen MR) is 293 cm³/mol. The van der Waals surface area contributed by atoms with Crippen molar-refractivity contribution >= 4 is 104 Å². The Bertz CT molecular complexity index is 3530. The van der Waals surface area contributed by atoms with Crippen LogP contribution in [0.1, 0.15) is 0 Å². The van der Waals surface area contributed by atoms with E-state index in [0.717, 1.165) is 0 Å². The van der Waals surface area contributed by atoms with Crippen LogP contribution in [0.5, 0.6) is 0 Å². The molecule has 0 N–H and O–H groups in total. The molecule has 0 spiro atoms. The largest absolute Gasteiger partial charge is 0.0784 e. The van der Waals surface area contributed by atoms with Crippen molar-refractivity contribution in [3.8, 4) is 44.5 Å². The minimum atomic E-state index is -1.65. The van der Waals surface area contributed by atoms with Gasteiger partial charge in [-0.15, -0.1) is 0 Å². The van der Waals surface area contributed by atoms with Gasteiger partial charge < -0.3 is 0 Å². The van der Waals surface area contributed by atoms with Crippen LogP contribution in [0.4, 0.5) is 0 Å². The van der Waals surface area contributed by atoms with Crippen LogP contribution in [0, 0.1) is 0 Å². The molecule has 3 heteroatoms. The summed E-state index contributed by atoms with van der Waals surface area (Å²) < 4.78 is 0. The highest BCUT2D eigenvalue weighted by Crippen LogP contribution is 2.50. The number of fused-ring (bicyclic) bond motifs is 3. The molecule has 0 nitrogen and oxygen atoms in total. The molecule has 0 amide bonds. The van der Waals surface area contributed by atoms with E-state index in [4.69, 9.17) is 0 Å². The molecule has 0 aliphatic carbocycles. The first-order valence-electron chi connectivity index (χ1n) is 23.1. The molecule has 0 saturated heterocycles. The second kappa shape index (κ2) is 14.7. The van der Waals surface area contributed by atoms with E-state index in [1.807, 2.05) is 0 Å². The van der Waals surface area contributed by atoms with Gasteiger partial charge in [-0.3, -0.25) is 0 Å². The first-order valence-corrected chi connectivity index (χ1v) is 33.6. The third-order valence-electron chi connectivity index (χ3n) is 14.1. The Hall–Kier alpha value is -6.11. The predicted octanol–water partition coefficient (Wildman–Crippen LogP) is 16.3. The lowest BCUT2D eigenvalue weighted by atomic mass is 9.80. The molecule has 0 fully saturated rings. The van der Waals surface area contributed by atoms with Gasteiger partial charge in [0.25, 0.3) is 0 Å². The highest BCUT2D eigenvalue weighted by molar-refractivity contribution is 6.91. The Morgan fingerprint density at radius 2 is 0.500 bits per heavy atom. The summed E-state index contributed by atoms with van der Waals surface area (Å²) in [5, 5.41) is 20.6. The molecule has 0 aliphatic rings. The molecule has 11 aromatic rings. The van der Waals surface area contributed by atoms with Crippen LogP contribution in [-0.2, 0) is 0 Å². The third-order valence-corrected chi connectivity index (χ3v) is 20.2. The van der Waals surface area contributed by atoms with Crippen molar-refractivity contribution in [2.75, 3.05) is 0 Å². The normalized spacial score (nSPS) is 12.8. The molecule has 64 heavy (non-hydrogen) atoms. The summed E-state index contributed by atoms with van der Waals surface area (Å²) in [4.78, 5) is 0. The molecular weight excluding hydrogens is 817 g/mol. The summed E-state index contributed by atoms with van der Waals surface area (Å²) in [6.07, 6.45) is 0. The summed E-state index contributed by atoms with van der Waals surface area (Å²) in [5.41, 5.74) is 10.3. The zero-order valence-corrected chi connectivity index (χ0v) is 41.7. The van der Waals surface area contributed by atoms with Crippen molar-refractivity contribution in [2.45, 2.75) is 58.9 Å². The van der Waals surface area contributed by atoms with Gasteiger partial charge in [0.05, 0.1) is 24.2 Å². The highest BCUT2D eigenvalue weighted by Gasteiger charge is 2.27. The lowest BCUT2D eigenvalue weighted by Crippen LogP contribution is -2.38. The monoisotopic (exact) mass is 872 g/mol. The van der Waals surface area contributed by atoms with E-state index < -0.39 is 24.2 Å². The number of benzene rings is 11. The zero-order valence-electron chi connectivity index (χ0n) is 38.7. The van der Waals surface area contributed by atoms with Crippen LogP contribution >= 0.6 is 0 Å². The van der Waals surface area contributed by atoms with Crippen molar-refractivity contribution in [1.82, 2.24) is 0 Å². The van der Waals surface area contributed by atoms with Crippen LogP contribution in [0.3, 0.4) is 0 Å². The van der Waals surface area contributed by atoms with Crippen LogP contribution in [0.2, 0.25) is 58.9 Å². The van der Waals surface area contributed by atoms with Crippen LogP contribution in [0.15, 0.2) is 176 Å². The molecule has 11 rings (SSSR count). The van der Waals surface area contributed by atoms with Crippen molar-refractivity contribution in [3.63, 3.8) is 0 Å². The van der Waals surface area contributed by atoms with E-state index in [-0.39, 0.29) is 0 Å². The van der Waals surface area contributed by atoms with Crippen LogP contribution < -0.4 is 15.6 Å². The van der Waals surface area contributed by atoms with Crippen molar-refractivity contribution < 1.29 is 0 Å². The molecule has 0 aromatic heterocycles. The van der Waals surface area contributed by atoms with Gasteiger partial charge >= 0.3 is 0 Å². The first-order chi connectivity index (χ1) is 30.7. The van der Waals surface area contributed by atoms with Crippen molar-refractivity contribution in [1.29, 1.82) is 0 Å². The molecule has 0 bridgehead atoms. The average molecular weight is 873 g/mol. The molecule has 312 valence electrons. The van der Waals surface area contributed by atoms with E-state index in [9.17, 15) is 0 Å². The van der Waals surface area contributed by atoms with E-state index in [0.29, 0.717) is 0 Å². The second-order valence-electron chi connectivity index (χ2n) is 21.2. The van der Waals surface area contributed by atoms with Gasteiger partial charge in [0.1, 0.15) is 0 Å². The summed E-state index contributed by atoms with van der Waals surface area (Å²) in [6, 6.07) is 68.2. The molecule has 0 radical (unpaired) electrons. The molecule has 0 aliphatic heterocycles. The maximum atomic E-state index is 2.55. The third kappa shape index (κ3) is 6.43. The second-order valence-corrected chi connectivity index (χ2v) is 36.4. The SMILES string of the molecule is C[Si](C)(C)c1ccc(-c2cc(-c3ccccc3)c3ccc4c(-c5ccc([Si](C)(C)C)c6ccccc56)cc(-c5ccc([Si](C)(C)C)c6ccccc56)c5ccc2c3c45)c2ccccc12. The maximum absolute atomic E-state index is 2.55. The molecule has 0 atom stereocenters. The minimum Gasteiger partial charge on any atom is -0.0656 e. The molecule has 0 heterocycles. The maximum Gasteiger partial charge on any atom is 0.0784 e. The first kappa shape index (κ1) is 40.7.